The normalized spacial score (nSPS) is 12.3. The van der Waals surface area contributed by atoms with Crippen molar-refractivity contribution >= 4 is 41.7 Å². The second-order valence-corrected chi connectivity index (χ2v) is 7.85. The Morgan fingerprint density at radius 3 is 2.50 bits per heavy atom. The number of nitrogens with one attached hydrogen (secondary N) is 2. The Hall–Kier alpha value is -1.33. The van der Waals surface area contributed by atoms with Crippen molar-refractivity contribution in [3.63, 3.8) is 0 Å². The Bertz CT molecular complexity index is 740. The molecule has 1 aromatic carbocycles. The summed E-state index contributed by atoms with van der Waals surface area (Å²) >= 11 is 1.86. The molecule has 1 aromatic heterocycles. The van der Waals surface area contributed by atoms with Crippen molar-refractivity contribution in [3.8, 4) is 0 Å². The summed E-state index contributed by atoms with van der Waals surface area (Å²) in [5, 5.41) is 15.1. The predicted molar refractivity (Wildman–Crippen MR) is 137 cm³/mol. The fraction of sp³-hybridized carbons (Fsp3) is 0.571. The molecule has 9 heteroatoms. The number of guanidine groups is 1. The summed E-state index contributed by atoms with van der Waals surface area (Å²) in [5.41, 5.74) is 1.21. The number of benzene rings is 1. The van der Waals surface area contributed by atoms with Crippen molar-refractivity contribution in [2.24, 2.45) is 12.0 Å². The van der Waals surface area contributed by atoms with Gasteiger partial charge in [-0.05, 0) is 44.3 Å². The monoisotopic (exact) mass is 546 g/mol. The lowest BCUT2D eigenvalue weighted by molar-refractivity contribution is 0.0646. The Morgan fingerprint density at radius 1 is 1.17 bits per heavy atom. The van der Waals surface area contributed by atoms with Crippen LogP contribution >= 0.6 is 35.7 Å². The zero-order valence-corrected chi connectivity index (χ0v) is 21.6. The Balaban J connectivity index is 0.00000450. The minimum atomic E-state index is 0. The van der Waals surface area contributed by atoms with E-state index in [0.29, 0.717) is 13.2 Å². The number of aryl methyl sites for hydroxylation is 1. The molecule has 1 atom stereocenters. The number of halogens is 1. The van der Waals surface area contributed by atoms with Gasteiger partial charge < -0.3 is 19.9 Å². The third kappa shape index (κ3) is 9.65. The van der Waals surface area contributed by atoms with Crippen LogP contribution < -0.4 is 10.6 Å². The number of hydrogen-bond acceptors (Lipinski definition) is 5. The zero-order valence-electron chi connectivity index (χ0n) is 18.4. The molecular formula is C21H35IN6OS. The van der Waals surface area contributed by atoms with Gasteiger partial charge in [0, 0.05) is 26.7 Å². The minimum Gasteiger partial charge on any atom is -0.374 e. The lowest BCUT2D eigenvalue weighted by atomic mass is 10.1. The Morgan fingerprint density at radius 2 is 1.87 bits per heavy atom. The first-order valence-corrected chi connectivity index (χ1v) is 11.5. The predicted octanol–water partition coefficient (Wildman–Crippen LogP) is 3.70. The minimum absolute atomic E-state index is 0. The highest BCUT2D eigenvalue weighted by atomic mass is 127. The molecule has 2 N–H and O–H groups in total. The van der Waals surface area contributed by atoms with Crippen LogP contribution in [0.25, 0.3) is 0 Å². The number of ether oxygens (including phenoxy) is 1. The fourth-order valence-electron chi connectivity index (χ4n) is 2.70. The van der Waals surface area contributed by atoms with Gasteiger partial charge in [-0.3, -0.25) is 0 Å². The van der Waals surface area contributed by atoms with Crippen LogP contribution in [0.1, 0.15) is 43.1 Å². The first-order valence-electron chi connectivity index (χ1n) is 10.1. The number of nitrogens with zero attached hydrogens (tertiary/aromatic N) is 4. The van der Waals surface area contributed by atoms with Gasteiger partial charge in [0.1, 0.15) is 12.4 Å². The van der Waals surface area contributed by atoms with E-state index in [4.69, 9.17) is 4.74 Å². The van der Waals surface area contributed by atoms with Gasteiger partial charge >= 0.3 is 0 Å². The van der Waals surface area contributed by atoms with Gasteiger partial charge in [-0.2, -0.15) is 11.8 Å². The molecule has 0 radical (unpaired) electrons. The molecule has 1 unspecified atom stereocenters. The molecule has 30 heavy (non-hydrogen) atoms. The molecule has 0 bridgehead atoms. The van der Waals surface area contributed by atoms with Crippen molar-refractivity contribution in [2.45, 2.75) is 39.3 Å². The van der Waals surface area contributed by atoms with Gasteiger partial charge in [-0.1, -0.05) is 30.3 Å². The molecule has 0 aliphatic rings. The van der Waals surface area contributed by atoms with E-state index < -0.39 is 0 Å². The van der Waals surface area contributed by atoms with Crippen molar-refractivity contribution in [1.29, 1.82) is 0 Å². The van der Waals surface area contributed by atoms with E-state index >= 15 is 0 Å². The van der Waals surface area contributed by atoms with Crippen molar-refractivity contribution in [3.05, 3.63) is 47.5 Å². The van der Waals surface area contributed by atoms with Crippen LogP contribution in [0.2, 0.25) is 0 Å². The largest absolute Gasteiger partial charge is 0.374 e. The summed E-state index contributed by atoms with van der Waals surface area (Å²) in [4.78, 5) is 4.67. The highest BCUT2D eigenvalue weighted by Gasteiger charge is 2.06. The van der Waals surface area contributed by atoms with Crippen molar-refractivity contribution in [1.82, 2.24) is 25.4 Å². The summed E-state index contributed by atoms with van der Waals surface area (Å²) in [6.45, 7) is 6.92. The molecule has 0 aliphatic heterocycles. The zero-order chi connectivity index (χ0) is 20.9. The average Bonchev–Trinajstić information content (AvgIpc) is 3.06. The Labute approximate surface area is 201 Å². The Kier molecular flexibility index (Phi) is 13.8. The van der Waals surface area contributed by atoms with Crippen LogP contribution in [-0.2, 0) is 18.3 Å². The van der Waals surface area contributed by atoms with E-state index in [1.807, 2.05) is 48.5 Å². The molecule has 7 nitrogen and oxygen atoms in total. The van der Waals surface area contributed by atoms with Crippen molar-refractivity contribution < 1.29 is 4.74 Å². The maximum atomic E-state index is 5.95. The summed E-state index contributed by atoms with van der Waals surface area (Å²) < 4.78 is 7.91. The quantitative estimate of drug-likeness (QED) is 0.183. The van der Waals surface area contributed by atoms with Crippen LogP contribution in [0.3, 0.4) is 0 Å². The standard InChI is InChI=1S/C21H34N6OS.HI/c1-17(19-10-6-5-7-11-19)28-14-8-12-22-21(23-13-9-15-29-4)24-16-20-26-25-18(2)27(20)3;/h5-7,10-11,17H,8-9,12-16H2,1-4H3,(H2,22,23,24);1H. The van der Waals surface area contributed by atoms with Gasteiger partial charge in [-0.15, -0.1) is 34.2 Å². The first-order chi connectivity index (χ1) is 14.1. The van der Waals surface area contributed by atoms with E-state index in [0.717, 1.165) is 49.3 Å². The van der Waals surface area contributed by atoms with E-state index in [2.05, 4.69) is 51.1 Å². The van der Waals surface area contributed by atoms with E-state index in [1.54, 1.807) is 0 Å². The molecule has 1 heterocycles. The topological polar surface area (TPSA) is 76.4 Å². The van der Waals surface area contributed by atoms with Gasteiger partial charge in [0.2, 0.25) is 0 Å². The van der Waals surface area contributed by atoms with Crippen LogP contribution in [0.15, 0.2) is 35.3 Å². The number of aliphatic imine (C=N–C) groups is 1. The third-order valence-corrected chi connectivity index (χ3v) is 5.33. The number of aromatic nitrogens is 3. The second kappa shape index (κ2) is 15.5. The molecule has 168 valence electrons. The van der Waals surface area contributed by atoms with Crippen molar-refractivity contribution in [2.75, 3.05) is 31.7 Å². The number of hydrogen-bond donors (Lipinski definition) is 2. The second-order valence-electron chi connectivity index (χ2n) is 6.86. The van der Waals surface area contributed by atoms with Gasteiger partial charge in [0.25, 0.3) is 0 Å². The van der Waals surface area contributed by atoms with Gasteiger partial charge in [0.15, 0.2) is 11.8 Å². The van der Waals surface area contributed by atoms with E-state index in [9.17, 15) is 0 Å². The highest BCUT2D eigenvalue weighted by Crippen LogP contribution is 2.15. The smallest absolute Gasteiger partial charge is 0.191 e. The first kappa shape index (κ1) is 26.7. The van der Waals surface area contributed by atoms with Crippen LogP contribution in [0.5, 0.6) is 0 Å². The summed E-state index contributed by atoms with van der Waals surface area (Å²) in [6, 6.07) is 10.3. The summed E-state index contributed by atoms with van der Waals surface area (Å²) in [6.07, 6.45) is 4.24. The molecule has 0 aliphatic carbocycles. The van der Waals surface area contributed by atoms with Crippen LogP contribution in [0.4, 0.5) is 0 Å². The highest BCUT2D eigenvalue weighted by molar-refractivity contribution is 14.0. The molecule has 0 spiro atoms. The summed E-state index contributed by atoms with van der Waals surface area (Å²) in [5.74, 6) is 3.69. The molecule has 2 rings (SSSR count). The van der Waals surface area contributed by atoms with E-state index in [-0.39, 0.29) is 30.1 Å². The van der Waals surface area contributed by atoms with Gasteiger partial charge in [0.05, 0.1) is 6.10 Å². The average molecular weight is 547 g/mol. The SMILES string of the molecule is CSCCCNC(=NCc1nnc(C)n1C)NCCCOC(C)c1ccccc1.I. The van der Waals surface area contributed by atoms with Gasteiger partial charge in [-0.25, -0.2) is 4.99 Å². The third-order valence-electron chi connectivity index (χ3n) is 4.63. The van der Waals surface area contributed by atoms with Crippen LogP contribution in [0, 0.1) is 6.92 Å². The maximum absolute atomic E-state index is 5.95. The molecule has 0 saturated heterocycles. The lowest BCUT2D eigenvalue weighted by Gasteiger charge is -2.15. The lowest BCUT2D eigenvalue weighted by Crippen LogP contribution is -2.39. The number of thioether (sulfide) groups is 1. The molecule has 0 saturated carbocycles. The number of rotatable bonds is 12. The van der Waals surface area contributed by atoms with Crippen LogP contribution in [-0.4, -0.2) is 52.4 Å². The maximum Gasteiger partial charge on any atom is 0.191 e. The molecule has 0 fully saturated rings. The fourth-order valence-corrected chi connectivity index (χ4v) is 3.13. The molecule has 0 amide bonds. The molecular weight excluding hydrogens is 511 g/mol. The van der Waals surface area contributed by atoms with E-state index in [1.165, 1.54) is 5.56 Å². The summed E-state index contributed by atoms with van der Waals surface area (Å²) in [7, 11) is 1.96. The molecule has 2 aromatic rings.